The number of allylic oxidation sites excluding steroid dienone is 1. The lowest BCUT2D eigenvalue weighted by Crippen LogP contribution is -2.21. The molecule has 0 aromatic heterocycles. The summed E-state index contributed by atoms with van der Waals surface area (Å²) in [6.45, 7) is 10.9. The molecular formula is C16H25N. The van der Waals surface area contributed by atoms with E-state index in [0.717, 1.165) is 0 Å². The van der Waals surface area contributed by atoms with Crippen molar-refractivity contribution in [1.82, 2.24) is 0 Å². The third kappa shape index (κ3) is 3.62. The van der Waals surface area contributed by atoms with Crippen molar-refractivity contribution in [2.45, 2.75) is 40.0 Å². The first-order chi connectivity index (χ1) is 8.10. The van der Waals surface area contributed by atoms with Crippen LogP contribution in [0, 0.1) is 12.8 Å². The fourth-order valence-corrected chi connectivity index (χ4v) is 2.23. The van der Waals surface area contributed by atoms with Crippen LogP contribution in [0.2, 0.25) is 0 Å². The first kappa shape index (κ1) is 13.8. The Kier molecular flexibility index (Phi) is 5.27. The molecule has 1 atom stereocenters. The van der Waals surface area contributed by atoms with Crippen molar-refractivity contribution in [3.8, 4) is 0 Å². The molecule has 0 radical (unpaired) electrons. The van der Waals surface area contributed by atoms with Crippen molar-refractivity contribution < 1.29 is 0 Å². The third-order valence-electron chi connectivity index (χ3n) is 3.42. The SMILES string of the molecule is C=C(C(CC)CCC)N(C)c1cccc(C)c1. The highest BCUT2D eigenvalue weighted by molar-refractivity contribution is 5.52. The number of benzene rings is 1. The van der Waals surface area contributed by atoms with Gasteiger partial charge in [0.15, 0.2) is 0 Å². The van der Waals surface area contributed by atoms with E-state index in [2.05, 4.69) is 63.6 Å². The normalized spacial score (nSPS) is 12.2. The van der Waals surface area contributed by atoms with Gasteiger partial charge in [0.05, 0.1) is 0 Å². The second kappa shape index (κ2) is 6.48. The molecule has 0 saturated carbocycles. The van der Waals surface area contributed by atoms with Crippen LogP contribution >= 0.6 is 0 Å². The molecule has 0 amide bonds. The smallest absolute Gasteiger partial charge is 0.0408 e. The van der Waals surface area contributed by atoms with Crippen molar-refractivity contribution >= 4 is 5.69 Å². The number of rotatable bonds is 6. The topological polar surface area (TPSA) is 3.24 Å². The van der Waals surface area contributed by atoms with Crippen LogP contribution in [0.15, 0.2) is 36.5 Å². The molecule has 1 rings (SSSR count). The molecule has 0 aliphatic rings. The number of nitrogens with zero attached hydrogens (tertiary/aromatic N) is 1. The average molecular weight is 231 g/mol. The highest BCUT2D eigenvalue weighted by atomic mass is 15.1. The zero-order valence-corrected chi connectivity index (χ0v) is 11.7. The van der Waals surface area contributed by atoms with E-state index in [0.29, 0.717) is 5.92 Å². The Labute approximate surface area is 106 Å². The van der Waals surface area contributed by atoms with E-state index in [-0.39, 0.29) is 0 Å². The maximum absolute atomic E-state index is 4.28. The van der Waals surface area contributed by atoms with E-state index in [9.17, 15) is 0 Å². The number of hydrogen-bond donors (Lipinski definition) is 0. The van der Waals surface area contributed by atoms with Gasteiger partial charge in [0.1, 0.15) is 0 Å². The fraction of sp³-hybridized carbons (Fsp3) is 0.500. The maximum Gasteiger partial charge on any atom is 0.0408 e. The molecule has 1 aromatic rings. The van der Waals surface area contributed by atoms with Crippen molar-refractivity contribution in [2.75, 3.05) is 11.9 Å². The van der Waals surface area contributed by atoms with Gasteiger partial charge in [-0.2, -0.15) is 0 Å². The monoisotopic (exact) mass is 231 g/mol. The second-order valence-electron chi connectivity index (χ2n) is 4.78. The molecule has 0 saturated heterocycles. The average Bonchev–Trinajstić information content (AvgIpc) is 2.34. The molecular weight excluding hydrogens is 206 g/mol. The molecule has 1 heteroatoms. The van der Waals surface area contributed by atoms with Crippen LogP contribution in [0.25, 0.3) is 0 Å². The quantitative estimate of drug-likeness (QED) is 0.681. The summed E-state index contributed by atoms with van der Waals surface area (Å²) in [6, 6.07) is 8.60. The van der Waals surface area contributed by atoms with Crippen LogP contribution in [0.5, 0.6) is 0 Å². The molecule has 0 fully saturated rings. The molecule has 17 heavy (non-hydrogen) atoms. The fourth-order valence-electron chi connectivity index (χ4n) is 2.23. The summed E-state index contributed by atoms with van der Waals surface area (Å²) in [5.41, 5.74) is 3.77. The third-order valence-corrected chi connectivity index (χ3v) is 3.42. The highest BCUT2D eigenvalue weighted by Crippen LogP contribution is 2.26. The molecule has 0 bridgehead atoms. The van der Waals surface area contributed by atoms with Crippen LogP contribution in [0.4, 0.5) is 5.69 Å². The zero-order chi connectivity index (χ0) is 12.8. The van der Waals surface area contributed by atoms with Crippen molar-refractivity contribution in [3.63, 3.8) is 0 Å². The molecule has 0 aliphatic heterocycles. The largest absolute Gasteiger partial charge is 0.348 e. The van der Waals surface area contributed by atoms with Crippen molar-refractivity contribution in [1.29, 1.82) is 0 Å². The highest BCUT2D eigenvalue weighted by Gasteiger charge is 2.14. The van der Waals surface area contributed by atoms with E-state index in [4.69, 9.17) is 0 Å². The predicted octanol–water partition coefficient (Wildman–Crippen LogP) is 4.77. The van der Waals surface area contributed by atoms with E-state index in [1.165, 1.54) is 36.2 Å². The van der Waals surface area contributed by atoms with Crippen molar-refractivity contribution in [3.05, 3.63) is 42.1 Å². The molecule has 1 nitrogen and oxygen atoms in total. The van der Waals surface area contributed by atoms with Gasteiger partial charge in [0.2, 0.25) is 0 Å². The lowest BCUT2D eigenvalue weighted by molar-refractivity contribution is 0.525. The van der Waals surface area contributed by atoms with Crippen molar-refractivity contribution in [2.24, 2.45) is 5.92 Å². The van der Waals surface area contributed by atoms with Gasteiger partial charge in [-0.15, -0.1) is 0 Å². The molecule has 1 unspecified atom stereocenters. The van der Waals surface area contributed by atoms with Gasteiger partial charge >= 0.3 is 0 Å². The van der Waals surface area contributed by atoms with Gasteiger partial charge in [-0.3, -0.25) is 0 Å². The lowest BCUT2D eigenvalue weighted by Gasteiger charge is -2.28. The minimum atomic E-state index is 0.602. The van der Waals surface area contributed by atoms with Crippen LogP contribution in [0.3, 0.4) is 0 Å². The van der Waals surface area contributed by atoms with E-state index in [1.807, 2.05) is 0 Å². The summed E-state index contributed by atoms with van der Waals surface area (Å²) in [5, 5.41) is 0. The lowest BCUT2D eigenvalue weighted by atomic mass is 9.96. The Morgan fingerprint density at radius 1 is 1.35 bits per heavy atom. The van der Waals surface area contributed by atoms with Crippen LogP contribution in [0.1, 0.15) is 38.7 Å². The summed E-state index contributed by atoms with van der Waals surface area (Å²) in [7, 11) is 2.12. The van der Waals surface area contributed by atoms with Gasteiger partial charge in [-0.25, -0.2) is 0 Å². The number of hydrogen-bond acceptors (Lipinski definition) is 1. The standard InChI is InChI=1S/C16H25N/c1-6-9-15(7-2)14(4)17(5)16-11-8-10-13(3)12-16/h8,10-12,15H,4,6-7,9H2,1-3,5H3. The van der Waals surface area contributed by atoms with E-state index in [1.54, 1.807) is 0 Å². The first-order valence-corrected chi connectivity index (χ1v) is 6.59. The van der Waals surface area contributed by atoms with Gasteiger partial charge in [0, 0.05) is 18.4 Å². The summed E-state index contributed by atoms with van der Waals surface area (Å²) in [4.78, 5) is 2.23. The molecule has 0 spiro atoms. The Morgan fingerprint density at radius 3 is 2.59 bits per heavy atom. The van der Waals surface area contributed by atoms with Crippen LogP contribution in [-0.4, -0.2) is 7.05 Å². The van der Waals surface area contributed by atoms with Gasteiger partial charge in [-0.1, -0.05) is 39.0 Å². The van der Waals surface area contributed by atoms with Gasteiger partial charge < -0.3 is 4.90 Å². The number of aryl methyl sites for hydroxylation is 1. The van der Waals surface area contributed by atoms with Crippen LogP contribution < -0.4 is 4.90 Å². The Balaban J connectivity index is 2.81. The molecule has 1 aromatic carbocycles. The zero-order valence-electron chi connectivity index (χ0n) is 11.7. The summed E-state index contributed by atoms with van der Waals surface area (Å²) < 4.78 is 0. The maximum atomic E-state index is 4.28. The summed E-state index contributed by atoms with van der Waals surface area (Å²) in [6.07, 6.45) is 3.62. The second-order valence-corrected chi connectivity index (χ2v) is 4.78. The minimum Gasteiger partial charge on any atom is -0.348 e. The van der Waals surface area contributed by atoms with Gasteiger partial charge in [0.25, 0.3) is 0 Å². The summed E-state index contributed by atoms with van der Waals surface area (Å²) >= 11 is 0. The van der Waals surface area contributed by atoms with E-state index < -0.39 is 0 Å². The predicted molar refractivity (Wildman–Crippen MR) is 77.4 cm³/mol. The van der Waals surface area contributed by atoms with E-state index >= 15 is 0 Å². The Morgan fingerprint density at radius 2 is 2.06 bits per heavy atom. The summed E-state index contributed by atoms with van der Waals surface area (Å²) in [5.74, 6) is 0.602. The molecule has 94 valence electrons. The van der Waals surface area contributed by atoms with Gasteiger partial charge in [-0.05, 0) is 43.4 Å². The number of anilines is 1. The molecule has 0 aliphatic carbocycles. The Bertz CT molecular complexity index is 368. The first-order valence-electron chi connectivity index (χ1n) is 6.59. The molecule has 0 N–H and O–H groups in total. The Hall–Kier alpha value is -1.24. The van der Waals surface area contributed by atoms with Crippen LogP contribution in [-0.2, 0) is 0 Å². The minimum absolute atomic E-state index is 0.602. The molecule has 0 heterocycles.